The number of amides is 1. The molecule has 1 aliphatic rings. The first-order valence-corrected chi connectivity index (χ1v) is 10.5. The van der Waals surface area contributed by atoms with Crippen molar-refractivity contribution in [1.29, 1.82) is 0 Å². The van der Waals surface area contributed by atoms with Crippen molar-refractivity contribution in [2.24, 2.45) is 0 Å². The van der Waals surface area contributed by atoms with Crippen molar-refractivity contribution in [2.75, 3.05) is 19.1 Å². The van der Waals surface area contributed by atoms with E-state index in [2.05, 4.69) is 42.9 Å². The molecule has 0 saturated carbocycles. The first-order valence-electron chi connectivity index (χ1n) is 8.57. The van der Waals surface area contributed by atoms with Gasteiger partial charge in [0, 0.05) is 28.0 Å². The van der Waals surface area contributed by atoms with E-state index in [0.29, 0.717) is 47.4 Å². The van der Waals surface area contributed by atoms with E-state index in [1.165, 1.54) is 18.1 Å². The minimum Gasteiger partial charge on any atom is -0.454 e. The maximum atomic E-state index is 11.6. The van der Waals surface area contributed by atoms with Crippen LogP contribution in [-0.4, -0.2) is 38.8 Å². The summed E-state index contributed by atoms with van der Waals surface area (Å²) in [5.41, 5.74) is 7.17. The Hall–Kier alpha value is -2.28. The molecule has 11 heteroatoms. The first kappa shape index (κ1) is 19.1. The van der Waals surface area contributed by atoms with Crippen LogP contribution in [0, 0.1) is 3.57 Å². The molecule has 0 radical (unpaired) electrons. The van der Waals surface area contributed by atoms with Gasteiger partial charge in [-0.1, -0.05) is 18.7 Å². The second kappa shape index (κ2) is 7.99. The quantitative estimate of drug-likeness (QED) is 0.484. The number of nitrogens with one attached hydrogen (secondary N) is 1. The Balaban J connectivity index is 1.69. The van der Waals surface area contributed by atoms with E-state index < -0.39 is 0 Å². The third-order valence-electron chi connectivity index (χ3n) is 4.13. The molecule has 1 aliphatic heterocycles. The second-order valence-corrected chi connectivity index (χ2v) is 8.09. The van der Waals surface area contributed by atoms with Gasteiger partial charge in [-0.2, -0.15) is 0 Å². The number of nitrogens with zero attached hydrogens (tertiary/aromatic N) is 4. The molecule has 0 atom stereocenters. The topological polar surface area (TPSA) is 117 Å². The Bertz CT molecular complexity index is 1060. The average molecular weight is 512 g/mol. The molecule has 0 saturated heterocycles. The number of carbonyl (C=O) groups is 1. The molecule has 4 rings (SSSR count). The summed E-state index contributed by atoms with van der Waals surface area (Å²) in [6.45, 7) is 3.02. The minimum atomic E-state index is -0.00177. The van der Waals surface area contributed by atoms with E-state index >= 15 is 0 Å². The van der Waals surface area contributed by atoms with Crippen LogP contribution in [0.5, 0.6) is 11.5 Å². The van der Waals surface area contributed by atoms with Gasteiger partial charge in [0.2, 0.25) is 12.7 Å². The summed E-state index contributed by atoms with van der Waals surface area (Å²) in [5, 5.41) is 3.59. The number of halogens is 1. The highest BCUT2D eigenvalue weighted by atomic mass is 127. The third-order valence-corrected chi connectivity index (χ3v) is 6.44. The van der Waals surface area contributed by atoms with Crippen LogP contribution in [0.2, 0.25) is 0 Å². The Labute approximate surface area is 178 Å². The molecule has 2 aromatic heterocycles. The second-order valence-electron chi connectivity index (χ2n) is 5.92. The Morgan fingerprint density at radius 3 is 2.93 bits per heavy atom. The van der Waals surface area contributed by atoms with Crippen molar-refractivity contribution >= 4 is 57.2 Å². The number of hydrogen-bond acceptors (Lipinski definition) is 8. The molecule has 9 nitrogen and oxygen atoms in total. The largest absolute Gasteiger partial charge is 0.454 e. The van der Waals surface area contributed by atoms with Crippen molar-refractivity contribution in [2.45, 2.75) is 29.9 Å². The van der Waals surface area contributed by atoms with Gasteiger partial charge in [0.25, 0.3) is 0 Å². The van der Waals surface area contributed by atoms with Crippen LogP contribution in [0.1, 0.15) is 13.3 Å². The van der Waals surface area contributed by atoms with Crippen molar-refractivity contribution in [3.05, 3.63) is 22.0 Å². The molecule has 0 unspecified atom stereocenters. The highest BCUT2D eigenvalue weighted by Crippen LogP contribution is 2.41. The van der Waals surface area contributed by atoms with Crippen LogP contribution >= 0.6 is 34.4 Å². The summed E-state index contributed by atoms with van der Waals surface area (Å²) >= 11 is 3.74. The van der Waals surface area contributed by atoms with Gasteiger partial charge in [-0.3, -0.25) is 4.79 Å². The number of anilines is 1. The summed E-state index contributed by atoms with van der Waals surface area (Å²) < 4.78 is 13.9. The zero-order valence-electron chi connectivity index (χ0n) is 14.9. The molecular weight excluding hydrogens is 495 g/mol. The maximum absolute atomic E-state index is 11.6. The number of fused-ring (bicyclic) bond motifs is 2. The fourth-order valence-electron chi connectivity index (χ4n) is 2.72. The van der Waals surface area contributed by atoms with Crippen LogP contribution < -0.4 is 20.5 Å². The van der Waals surface area contributed by atoms with Gasteiger partial charge in [-0.25, -0.2) is 15.0 Å². The molecule has 0 fully saturated rings. The molecule has 1 amide bonds. The highest BCUT2D eigenvalue weighted by Gasteiger charge is 2.20. The predicted molar refractivity (Wildman–Crippen MR) is 112 cm³/mol. The summed E-state index contributed by atoms with van der Waals surface area (Å²) in [6, 6.07) is 3.88. The van der Waals surface area contributed by atoms with E-state index in [1.54, 1.807) is 0 Å². The highest BCUT2D eigenvalue weighted by molar-refractivity contribution is 14.1. The molecule has 28 heavy (non-hydrogen) atoms. The molecule has 3 heterocycles. The van der Waals surface area contributed by atoms with E-state index in [4.69, 9.17) is 15.2 Å². The Kier molecular flexibility index (Phi) is 5.44. The first-order chi connectivity index (χ1) is 13.6. The summed E-state index contributed by atoms with van der Waals surface area (Å²) in [6.07, 6.45) is 1.86. The molecule has 3 aromatic rings. The van der Waals surface area contributed by atoms with E-state index in [9.17, 15) is 4.79 Å². The SMILES string of the molecule is CCC(=O)NCCn1c(Sc2cc3c(cc2I)OCO3)nc2c(N)ncnc21. The van der Waals surface area contributed by atoms with Crippen LogP contribution in [0.3, 0.4) is 0 Å². The lowest BCUT2D eigenvalue weighted by Gasteiger charge is -2.10. The van der Waals surface area contributed by atoms with Crippen molar-refractivity contribution in [3.8, 4) is 11.5 Å². The van der Waals surface area contributed by atoms with Gasteiger partial charge in [-0.15, -0.1) is 0 Å². The van der Waals surface area contributed by atoms with Gasteiger partial charge >= 0.3 is 0 Å². The monoisotopic (exact) mass is 512 g/mol. The number of imidazole rings is 1. The normalized spacial score (nSPS) is 12.5. The number of carbonyl (C=O) groups excluding carboxylic acids is 1. The average Bonchev–Trinajstić information content (AvgIpc) is 3.27. The summed E-state index contributed by atoms with van der Waals surface area (Å²) in [7, 11) is 0. The number of nitrogens with two attached hydrogens (primary N) is 1. The van der Waals surface area contributed by atoms with Crippen molar-refractivity contribution < 1.29 is 14.3 Å². The minimum absolute atomic E-state index is 0.00177. The molecule has 3 N–H and O–H groups in total. The van der Waals surface area contributed by atoms with Crippen molar-refractivity contribution in [3.63, 3.8) is 0 Å². The number of ether oxygens (including phenoxy) is 2. The van der Waals surface area contributed by atoms with E-state index in [0.717, 1.165) is 14.2 Å². The van der Waals surface area contributed by atoms with E-state index in [1.807, 2.05) is 23.6 Å². The lowest BCUT2D eigenvalue weighted by Crippen LogP contribution is -2.26. The van der Waals surface area contributed by atoms with Gasteiger partial charge in [0.15, 0.2) is 33.6 Å². The number of aromatic nitrogens is 4. The standard InChI is InChI=1S/C17H17IN6O3S/c1-2-13(25)20-3-4-24-16-14(15(19)21-7-22-16)23-17(24)28-12-6-11-10(5-9(12)18)26-8-27-11/h5-7H,2-4,8H2,1H3,(H,20,25)(H2,19,21,22). The Morgan fingerprint density at radius 1 is 1.36 bits per heavy atom. The van der Waals surface area contributed by atoms with Crippen LogP contribution in [0.25, 0.3) is 11.2 Å². The Morgan fingerprint density at radius 2 is 2.14 bits per heavy atom. The van der Waals surface area contributed by atoms with Gasteiger partial charge in [0.1, 0.15) is 6.33 Å². The number of rotatable bonds is 6. The molecule has 0 spiro atoms. The lowest BCUT2D eigenvalue weighted by atomic mass is 10.3. The molecular formula is C17H17IN6O3S. The van der Waals surface area contributed by atoms with E-state index in [-0.39, 0.29) is 12.7 Å². The third kappa shape index (κ3) is 3.68. The summed E-state index contributed by atoms with van der Waals surface area (Å²) in [4.78, 5) is 25.6. The molecule has 1 aromatic carbocycles. The predicted octanol–water partition coefficient (Wildman–Crippen LogP) is 2.42. The lowest BCUT2D eigenvalue weighted by molar-refractivity contribution is -0.120. The van der Waals surface area contributed by atoms with Gasteiger partial charge < -0.3 is 25.1 Å². The fraction of sp³-hybridized carbons (Fsp3) is 0.294. The maximum Gasteiger partial charge on any atom is 0.231 e. The molecule has 0 aliphatic carbocycles. The number of benzene rings is 1. The van der Waals surface area contributed by atoms with Crippen LogP contribution in [0.15, 0.2) is 28.5 Å². The molecule has 146 valence electrons. The fourth-order valence-corrected chi connectivity index (χ4v) is 4.43. The van der Waals surface area contributed by atoms with Crippen LogP contribution in [-0.2, 0) is 11.3 Å². The van der Waals surface area contributed by atoms with Gasteiger partial charge in [0.05, 0.1) is 0 Å². The zero-order chi connectivity index (χ0) is 19.7. The molecule has 0 bridgehead atoms. The summed E-state index contributed by atoms with van der Waals surface area (Å²) in [5.74, 6) is 1.77. The van der Waals surface area contributed by atoms with Crippen molar-refractivity contribution in [1.82, 2.24) is 24.8 Å². The van der Waals surface area contributed by atoms with Crippen LogP contribution in [0.4, 0.5) is 5.82 Å². The number of hydrogen-bond donors (Lipinski definition) is 2. The van der Waals surface area contributed by atoms with Gasteiger partial charge in [-0.05, 0) is 34.7 Å². The zero-order valence-corrected chi connectivity index (χ0v) is 17.9. The number of nitrogen functional groups attached to an aromatic ring is 1. The smallest absolute Gasteiger partial charge is 0.231 e.